The number of amides is 1. The molecule has 1 saturated heterocycles. The van der Waals surface area contributed by atoms with E-state index in [1.165, 1.54) is 12.1 Å². The number of carbonyl (C=O) groups excluding carboxylic acids is 2. The van der Waals surface area contributed by atoms with E-state index < -0.39 is 45.0 Å². The SMILES string of the molecule is CC1(C)C(=O)N(c2ccc(C#N)c(C(F)(F)F)c2)N[SH]1c1ccc(OC(=O)CCl)cc1. The number of nitrogens with one attached hydrogen (secondary N) is 1. The Balaban J connectivity index is 1.93. The van der Waals surface area contributed by atoms with Crippen LogP contribution in [0, 0.1) is 11.3 Å². The second kappa shape index (κ2) is 8.42. The molecule has 1 unspecified atom stereocenters. The molecule has 0 bridgehead atoms. The Morgan fingerprint density at radius 1 is 1.26 bits per heavy atom. The van der Waals surface area contributed by atoms with Gasteiger partial charge in [-0.25, -0.2) is 5.01 Å². The Hall–Kier alpha value is -2.74. The van der Waals surface area contributed by atoms with Crippen LogP contribution in [-0.4, -0.2) is 22.5 Å². The molecule has 0 radical (unpaired) electrons. The van der Waals surface area contributed by atoms with E-state index in [1.54, 1.807) is 38.1 Å². The summed E-state index contributed by atoms with van der Waals surface area (Å²) in [5.41, 5.74) is -1.64. The lowest BCUT2D eigenvalue weighted by molar-refractivity contribution is -0.138. The van der Waals surface area contributed by atoms with Crippen molar-refractivity contribution in [2.75, 3.05) is 10.9 Å². The number of anilines is 1. The molecule has 6 nitrogen and oxygen atoms in total. The molecule has 1 N–H and O–H groups in total. The summed E-state index contributed by atoms with van der Waals surface area (Å²) in [6.45, 7) is 3.40. The number of halogens is 4. The summed E-state index contributed by atoms with van der Waals surface area (Å²) in [5, 5.41) is 10.1. The summed E-state index contributed by atoms with van der Waals surface area (Å²) in [4.78, 5) is 28.1. The zero-order valence-electron chi connectivity index (χ0n) is 16.3. The molecule has 11 heteroatoms. The number of rotatable bonds is 4. The molecule has 1 amide bonds. The van der Waals surface area contributed by atoms with Gasteiger partial charge in [-0.3, -0.25) is 9.59 Å². The quantitative estimate of drug-likeness (QED) is 0.300. The molecule has 1 aliphatic rings. The molecule has 0 spiro atoms. The Morgan fingerprint density at radius 2 is 1.90 bits per heavy atom. The first-order valence-electron chi connectivity index (χ1n) is 8.88. The molecule has 0 saturated carbocycles. The van der Waals surface area contributed by atoms with Crippen molar-refractivity contribution in [2.24, 2.45) is 0 Å². The van der Waals surface area contributed by atoms with E-state index in [-0.39, 0.29) is 17.3 Å². The zero-order valence-corrected chi connectivity index (χ0v) is 18.0. The molecule has 0 aromatic heterocycles. The third kappa shape index (κ3) is 4.49. The molecule has 2 aromatic carbocycles. The van der Waals surface area contributed by atoms with Gasteiger partial charge >= 0.3 is 12.1 Å². The van der Waals surface area contributed by atoms with E-state index in [0.717, 1.165) is 22.0 Å². The fourth-order valence-corrected chi connectivity index (χ4v) is 5.23. The lowest BCUT2D eigenvalue weighted by Crippen LogP contribution is -2.38. The molecule has 2 aromatic rings. The highest BCUT2D eigenvalue weighted by molar-refractivity contribution is 8.17. The predicted octanol–water partition coefficient (Wildman–Crippen LogP) is 4.33. The zero-order chi connectivity index (χ0) is 23.0. The maximum Gasteiger partial charge on any atom is 0.417 e. The van der Waals surface area contributed by atoms with Crippen molar-refractivity contribution < 1.29 is 27.5 Å². The van der Waals surface area contributed by atoms with Crippen LogP contribution >= 0.6 is 22.7 Å². The lowest BCUT2D eigenvalue weighted by Gasteiger charge is -2.27. The van der Waals surface area contributed by atoms with Crippen molar-refractivity contribution in [2.45, 2.75) is 29.7 Å². The van der Waals surface area contributed by atoms with Crippen LogP contribution in [0.15, 0.2) is 47.4 Å². The van der Waals surface area contributed by atoms with E-state index in [1.807, 2.05) is 0 Å². The fourth-order valence-electron chi connectivity index (χ4n) is 3.02. The number of ether oxygens (including phenoxy) is 1. The van der Waals surface area contributed by atoms with Crippen LogP contribution in [0.25, 0.3) is 0 Å². The number of esters is 1. The minimum atomic E-state index is -4.74. The van der Waals surface area contributed by atoms with Gasteiger partial charge in [0.1, 0.15) is 11.6 Å². The third-order valence-electron chi connectivity index (χ3n) is 4.61. The van der Waals surface area contributed by atoms with E-state index in [0.29, 0.717) is 0 Å². The first-order chi connectivity index (χ1) is 14.5. The number of hydrazine groups is 1. The third-order valence-corrected chi connectivity index (χ3v) is 7.35. The smallest absolute Gasteiger partial charge is 0.417 e. The Bertz CT molecular complexity index is 1070. The van der Waals surface area contributed by atoms with Crippen molar-refractivity contribution >= 4 is 40.2 Å². The van der Waals surface area contributed by atoms with Gasteiger partial charge in [-0.1, -0.05) is 0 Å². The highest BCUT2D eigenvalue weighted by Crippen LogP contribution is 2.51. The summed E-state index contributed by atoms with van der Waals surface area (Å²) in [5.74, 6) is -1.03. The van der Waals surface area contributed by atoms with Crippen molar-refractivity contribution in [3.8, 4) is 11.8 Å². The molecule has 1 aliphatic heterocycles. The Labute approximate surface area is 184 Å². The van der Waals surface area contributed by atoms with Crippen LogP contribution in [0.5, 0.6) is 5.75 Å². The van der Waals surface area contributed by atoms with Gasteiger partial charge in [-0.15, -0.1) is 22.7 Å². The number of nitrogens with zero attached hydrogens (tertiary/aromatic N) is 2. The van der Waals surface area contributed by atoms with Gasteiger partial charge in [0.15, 0.2) is 0 Å². The van der Waals surface area contributed by atoms with E-state index in [9.17, 15) is 22.8 Å². The standard InChI is InChI=1S/C20H17ClF3N3O3S/c1-19(2)18(29)27(13-4-3-12(11-25)16(9-13)20(22,23)24)26-31(19)15-7-5-14(6-8-15)30-17(28)10-21/h3-9,26,31H,10H2,1-2H3. The largest absolute Gasteiger partial charge is 0.426 e. The van der Waals surface area contributed by atoms with Crippen LogP contribution in [0.4, 0.5) is 18.9 Å². The number of carbonyl (C=O) groups is 2. The van der Waals surface area contributed by atoms with Gasteiger partial charge in [-0.05, 0) is 56.3 Å². The number of thiol groups is 1. The first-order valence-corrected chi connectivity index (χ1v) is 10.8. The van der Waals surface area contributed by atoms with Gasteiger partial charge in [-0.2, -0.15) is 23.3 Å². The van der Waals surface area contributed by atoms with E-state index in [4.69, 9.17) is 21.6 Å². The average molecular weight is 472 g/mol. The lowest BCUT2D eigenvalue weighted by atomic mass is 10.1. The number of benzene rings is 2. The highest BCUT2D eigenvalue weighted by Gasteiger charge is 2.47. The van der Waals surface area contributed by atoms with Gasteiger partial charge < -0.3 is 4.74 Å². The molecule has 31 heavy (non-hydrogen) atoms. The molecule has 1 fully saturated rings. The Kier molecular flexibility index (Phi) is 6.23. The molecule has 1 heterocycles. The van der Waals surface area contributed by atoms with Crippen molar-refractivity contribution in [1.82, 2.24) is 4.83 Å². The van der Waals surface area contributed by atoms with E-state index in [2.05, 4.69) is 4.83 Å². The van der Waals surface area contributed by atoms with Gasteiger partial charge in [0.05, 0.1) is 27.6 Å². The van der Waals surface area contributed by atoms with Crippen LogP contribution in [-0.2, 0) is 15.8 Å². The number of nitriles is 1. The number of hydrogen-bond acceptors (Lipinski definition) is 5. The minimum Gasteiger partial charge on any atom is -0.426 e. The second-order valence-corrected chi connectivity index (χ2v) is 9.85. The van der Waals surface area contributed by atoms with Crippen molar-refractivity contribution in [3.63, 3.8) is 0 Å². The maximum absolute atomic E-state index is 13.3. The van der Waals surface area contributed by atoms with E-state index >= 15 is 0 Å². The van der Waals surface area contributed by atoms with Gasteiger partial charge in [0, 0.05) is 4.90 Å². The van der Waals surface area contributed by atoms with Gasteiger partial charge in [0.2, 0.25) is 0 Å². The van der Waals surface area contributed by atoms with Crippen LogP contribution in [0.3, 0.4) is 0 Å². The normalized spacial score (nSPS) is 19.2. The molecule has 164 valence electrons. The second-order valence-electron chi connectivity index (χ2n) is 7.08. The topological polar surface area (TPSA) is 82.4 Å². The summed E-state index contributed by atoms with van der Waals surface area (Å²) >= 11 is 4.05. The van der Waals surface area contributed by atoms with Crippen LogP contribution < -0.4 is 14.6 Å². The molecular formula is C20H17ClF3N3O3S. The van der Waals surface area contributed by atoms with Crippen LogP contribution in [0.1, 0.15) is 25.0 Å². The predicted molar refractivity (Wildman–Crippen MR) is 111 cm³/mol. The highest BCUT2D eigenvalue weighted by atomic mass is 35.5. The fraction of sp³-hybridized carbons (Fsp3) is 0.250. The molecule has 3 rings (SSSR count). The molecular weight excluding hydrogens is 455 g/mol. The van der Waals surface area contributed by atoms with Crippen molar-refractivity contribution in [3.05, 3.63) is 53.6 Å². The van der Waals surface area contributed by atoms with Gasteiger partial charge in [0.25, 0.3) is 5.91 Å². The minimum absolute atomic E-state index is 0.0120. The molecule has 1 atom stereocenters. The summed E-state index contributed by atoms with van der Waals surface area (Å²) in [6, 6.07) is 11.1. The maximum atomic E-state index is 13.3. The summed E-state index contributed by atoms with van der Waals surface area (Å²) in [7, 11) is 0. The van der Waals surface area contributed by atoms with Crippen LogP contribution in [0.2, 0.25) is 0 Å². The van der Waals surface area contributed by atoms with Crippen molar-refractivity contribution in [1.29, 1.82) is 5.26 Å². The number of hydrogen-bond donors (Lipinski definition) is 2. The first kappa shape index (κ1) is 22.9. The molecule has 0 aliphatic carbocycles. The monoisotopic (exact) mass is 471 g/mol. The Morgan fingerprint density at radius 3 is 2.45 bits per heavy atom. The number of alkyl halides is 4. The summed E-state index contributed by atoms with van der Waals surface area (Å²) < 4.78 is 44.1. The average Bonchev–Trinajstić information content (AvgIpc) is 2.97. The summed E-state index contributed by atoms with van der Waals surface area (Å²) in [6.07, 6.45) is -4.74.